The molecule has 0 atom stereocenters. The van der Waals surface area contributed by atoms with E-state index in [9.17, 15) is 31.1 Å². The molecular formula is C10H6F6O2S. The summed E-state index contributed by atoms with van der Waals surface area (Å²) in [7, 11) is 0.916. The van der Waals surface area contributed by atoms with Gasteiger partial charge in [-0.15, -0.1) is 0 Å². The zero-order valence-electron chi connectivity index (χ0n) is 9.22. The molecule has 0 spiro atoms. The van der Waals surface area contributed by atoms with Crippen molar-refractivity contribution in [3.8, 4) is 0 Å². The number of rotatable bonds is 2. The Hall–Kier alpha value is -1.38. The fourth-order valence-corrected chi connectivity index (χ4v) is 1.83. The Morgan fingerprint density at radius 2 is 1.68 bits per heavy atom. The first-order valence-electron chi connectivity index (χ1n) is 4.59. The van der Waals surface area contributed by atoms with Crippen molar-refractivity contribution >= 4 is 17.7 Å². The van der Waals surface area contributed by atoms with Crippen molar-refractivity contribution in [2.45, 2.75) is 16.6 Å². The summed E-state index contributed by atoms with van der Waals surface area (Å²) in [5, 5.41) is 0. The summed E-state index contributed by atoms with van der Waals surface area (Å²) in [5.41, 5.74) is -6.69. The van der Waals surface area contributed by atoms with Crippen molar-refractivity contribution in [3.63, 3.8) is 0 Å². The van der Waals surface area contributed by atoms with Crippen molar-refractivity contribution in [3.05, 3.63) is 29.3 Å². The van der Waals surface area contributed by atoms with E-state index in [-0.39, 0.29) is 0 Å². The molecule has 19 heavy (non-hydrogen) atoms. The molecule has 0 heterocycles. The highest BCUT2D eigenvalue weighted by atomic mass is 32.2. The number of ether oxygens (including phenoxy) is 1. The number of carbonyl (C=O) groups excluding carboxylic acids is 1. The maximum atomic E-state index is 12.5. The normalized spacial score (nSPS) is 12.4. The third-order valence-electron chi connectivity index (χ3n) is 1.89. The maximum absolute atomic E-state index is 12.5. The smallest absolute Gasteiger partial charge is 0.446 e. The number of hydrogen-bond donors (Lipinski definition) is 0. The Morgan fingerprint density at radius 3 is 2.11 bits per heavy atom. The summed E-state index contributed by atoms with van der Waals surface area (Å²) in [6, 6.07) is 1.45. The van der Waals surface area contributed by atoms with Crippen LogP contribution in [0, 0.1) is 0 Å². The Kier molecular flexibility index (Phi) is 4.39. The van der Waals surface area contributed by atoms with Crippen LogP contribution in [-0.2, 0) is 10.9 Å². The number of methoxy groups -OCH3 is 1. The van der Waals surface area contributed by atoms with Gasteiger partial charge in [0.25, 0.3) is 0 Å². The average Bonchev–Trinajstić information content (AvgIpc) is 2.24. The molecule has 0 aromatic heterocycles. The number of thioether (sulfide) groups is 1. The van der Waals surface area contributed by atoms with Gasteiger partial charge in [0.1, 0.15) is 0 Å². The van der Waals surface area contributed by atoms with Gasteiger partial charge in [0.05, 0.1) is 18.2 Å². The van der Waals surface area contributed by atoms with Crippen LogP contribution in [0.2, 0.25) is 0 Å². The van der Waals surface area contributed by atoms with E-state index in [0.717, 1.165) is 7.11 Å². The van der Waals surface area contributed by atoms with Gasteiger partial charge >= 0.3 is 17.7 Å². The number of hydrogen-bond acceptors (Lipinski definition) is 3. The van der Waals surface area contributed by atoms with Crippen LogP contribution in [0.5, 0.6) is 0 Å². The van der Waals surface area contributed by atoms with Gasteiger partial charge < -0.3 is 4.74 Å². The van der Waals surface area contributed by atoms with Crippen LogP contribution in [-0.4, -0.2) is 18.6 Å². The van der Waals surface area contributed by atoms with E-state index in [1.807, 2.05) is 0 Å². The number of esters is 1. The minimum atomic E-state index is -4.86. The van der Waals surface area contributed by atoms with Crippen LogP contribution in [0.3, 0.4) is 0 Å². The largest absolute Gasteiger partial charge is 0.465 e. The molecule has 1 aromatic rings. The minimum Gasteiger partial charge on any atom is -0.465 e. The van der Waals surface area contributed by atoms with E-state index in [0.29, 0.717) is 18.2 Å². The van der Waals surface area contributed by atoms with Crippen molar-refractivity contribution in [1.82, 2.24) is 0 Å². The Balaban J connectivity index is 3.28. The van der Waals surface area contributed by atoms with Gasteiger partial charge in [0.2, 0.25) is 0 Å². The molecular weight excluding hydrogens is 298 g/mol. The minimum absolute atomic E-state index is 0.324. The van der Waals surface area contributed by atoms with E-state index in [1.54, 1.807) is 0 Å². The monoisotopic (exact) mass is 304 g/mol. The lowest BCUT2D eigenvalue weighted by Crippen LogP contribution is -2.10. The highest BCUT2D eigenvalue weighted by Gasteiger charge is 2.34. The highest BCUT2D eigenvalue weighted by molar-refractivity contribution is 8.00. The number of benzene rings is 1. The van der Waals surface area contributed by atoms with Gasteiger partial charge in [0, 0.05) is 4.90 Å². The molecule has 0 bridgehead atoms. The van der Waals surface area contributed by atoms with Crippen LogP contribution in [0.15, 0.2) is 23.1 Å². The van der Waals surface area contributed by atoms with Crippen LogP contribution < -0.4 is 0 Å². The summed E-state index contributed by atoms with van der Waals surface area (Å²) in [6.07, 6.45) is -4.86. The van der Waals surface area contributed by atoms with Gasteiger partial charge in [-0.3, -0.25) is 0 Å². The lowest BCUT2D eigenvalue weighted by molar-refractivity contribution is -0.137. The van der Waals surface area contributed by atoms with Crippen molar-refractivity contribution < 1.29 is 35.9 Å². The number of halogens is 6. The van der Waals surface area contributed by atoms with Gasteiger partial charge in [0.15, 0.2) is 0 Å². The number of alkyl halides is 6. The fraction of sp³-hybridized carbons (Fsp3) is 0.300. The summed E-state index contributed by atoms with van der Waals surface area (Å²) in [4.78, 5) is 10.4. The Labute approximate surface area is 107 Å². The first-order valence-corrected chi connectivity index (χ1v) is 5.41. The van der Waals surface area contributed by atoms with E-state index in [4.69, 9.17) is 0 Å². The van der Waals surface area contributed by atoms with Crippen molar-refractivity contribution in [1.29, 1.82) is 0 Å². The van der Waals surface area contributed by atoms with E-state index >= 15 is 0 Å². The molecule has 0 aliphatic heterocycles. The summed E-state index contributed by atoms with van der Waals surface area (Å²) in [6.45, 7) is 0. The third-order valence-corrected chi connectivity index (χ3v) is 2.59. The predicted molar refractivity (Wildman–Crippen MR) is 54.7 cm³/mol. The molecule has 0 radical (unpaired) electrons. The predicted octanol–water partition coefficient (Wildman–Crippen LogP) is 4.10. The molecule has 0 saturated heterocycles. The summed E-state index contributed by atoms with van der Waals surface area (Å²) in [5.74, 6) is -1.14. The molecule has 2 nitrogen and oxygen atoms in total. The standard InChI is InChI=1S/C10H6F6O2S/c1-18-8(17)5-2-6(9(11,12)13)4-7(3-5)19-10(14,15)16/h2-4H,1H3. The Morgan fingerprint density at radius 1 is 1.11 bits per heavy atom. The topological polar surface area (TPSA) is 26.3 Å². The molecule has 106 valence electrons. The lowest BCUT2D eigenvalue weighted by atomic mass is 10.1. The van der Waals surface area contributed by atoms with Crippen molar-refractivity contribution in [2.24, 2.45) is 0 Å². The van der Waals surface area contributed by atoms with Crippen LogP contribution in [0.4, 0.5) is 26.3 Å². The lowest BCUT2D eigenvalue weighted by Gasteiger charge is -2.12. The van der Waals surface area contributed by atoms with Crippen molar-refractivity contribution in [2.75, 3.05) is 7.11 Å². The quantitative estimate of drug-likeness (QED) is 0.467. The molecule has 0 aliphatic rings. The second kappa shape index (κ2) is 5.32. The first kappa shape index (κ1) is 15.7. The average molecular weight is 304 g/mol. The van der Waals surface area contributed by atoms with Crippen LogP contribution >= 0.6 is 11.8 Å². The van der Waals surface area contributed by atoms with E-state index < -0.39 is 45.4 Å². The zero-order chi connectivity index (χ0) is 14.8. The second-order valence-corrected chi connectivity index (χ2v) is 4.42. The fourth-order valence-electron chi connectivity index (χ4n) is 1.19. The molecule has 1 rings (SSSR count). The summed E-state index contributed by atoms with van der Waals surface area (Å²) >= 11 is -0.735. The molecule has 0 amide bonds. The third kappa shape index (κ3) is 4.66. The second-order valence-electron chi connectivity index (χ2n) is 3.28. The molecule has 9 heteroatoms. The van der Waals surface area contributed by atoms with Gasteiger partial charge in [-0.05, 0) is 30.0 Å². The van der Waals surface area contributed by atoms with Crippen LogP contribution in [0.25, 0.3) is 0 Å². The SMILES string of the molecule is COC(=O)c1cc(SC(F)(F)F)cc(C(F)(F)F)c1. The van der Waals surface area contributed by atoms with E-state index in [2.05, 4.69) is 4.74 Å². The molecule has 0 N–H and O–H groups in total. The van der Waals surface area contributed by atoms with Gasteiger partial charge in [-0.25, -0.2) is 4.79 Å². The molecule has 0 saturated carbocycles. The van der Waals surface area contributed by atoms with E-state index in [1.165, 1.54) is 0 Å². The Bertz CT molecular complexity index is 480. The molecule has 0 fully saturated rings. The molecule has 0 aliphatic carbocycles. The highest BCUT2D eigenvalue weighted by Crippen LogP contribution is 2.40. The number of carbonyl (C=O) groups is 1. The van der Waals surface area contributed by atoms with Crippen LogP contribution in [0.1, 0.15) is 15.9 Å². The molecule has 1 aromatic carbocycles. The van der Waals surface area contributed by atoms with Gasteiger partial charge in [-0.2, -0.15) is 26.3 Å². The maximum Gasteiger partial charge on any atom is 0.446 e. The summed E-state index contributed by atoms with van der Waals surface area (Å²) < 4.78 is 78.2. The van der Waals surface area contributed by atoms with Gasteiger partial charge in [-0.1, -0.05) is 0 Å². The first-order chi connectivity index (χ1) is 8.53. The zero-order valence-corrected chi connectivity index (χ0v) is 10.0. The molecule has 0 unspecified atom stereocenters.